The van der Waals surface area contributed by atoms with Gasteiger partial charge in [0.15, 0.2) is 0 Å². The topological polar surface area (TPSA) is 33.0 Å². The maximum absolute atomic E-state index is 9.81. The lowest BCUT2D eigenvalue weighted by atomic mass is 9.70. The third-order valence-electron chi connectivity index (χ3n) is 7.10. The summed E-state index contributed by atoms with van der Waals surface area (Å²) in [6.45, 7) is 5.26. The molecule has 0 unspecified atom stereocenters. The molecular formula is C24H43NO. The zero-order valence-corrected chi connectivity index (χ0v) is 17.6. The Morgan fingerprint density at radius 3 is 2.08 bits per heavy atom. The lowest BCUT2D eigenvalue weighted by Crippen LogP contribution is -2.34. The van der Waals surface area contributed by atoms with Crippen molar-refractivity contribution in [3.05, 3.63) is 0 Å². The largest absolute Gasteiger partial charge is 0.377 e. The second kappa shape index (κ2) is 12.0. The third-order valence-corrected chi connectivity index (χ3v) is 7.10. The van der Waals surface area contributed by atoms with Crippen LogP contribution in [0, 0.1) is 28.6 Å². The number of hydrogen-bond donors (Lipinski definition) is 0. The molecule has 0 bridgehead atoms. The zero-order valence-electron chi connectivity index (χ0n) is 17.6. The molecule has 0 amide bonds. The number of nitriles is 1. The first-order valence-electron chi connectivity index (χ1n) is 11.7. The molecule has 0 spiro atoms. The fourth-order valence-corrected chi connectivity index (χ4v) is 5.12. The number of unbranched alkanes of at least 4 members (excludes halogenated alkanes) is 4. The van der Waals surface area contributed by atoms with Crippen LogP contribution >= 0.6 is 0 Å². The fourth-order valence-electron chi connectivity index (χ4n) is 5.12. The van der Waals surface area contributed by atoms with Crippen LogP contribution in [0.25, 0.3) is 0 Å². The molecule has 0 aliphatic heterocycles. The molecule has 150 valence electrons. The van der Waals surface area contributed by atoms with Gasteiger partial charge in [0, 0.05) is 0 Å². The predicted octanol–water partition coefficient (Wildman–Crippen LogP) is 7.42. The molecule has 2 aliphatic carbocycles. The molecule has 2 saturated carbocycles. The van der Waals surface area contributed by atoms with Crippen LogP contribution in [0.1, 0.15) is 117 Å². The highest BCUT2D eigenvalue weighted by Crippen LogP contribution is 2.41. The van der Waals surface area contributed by atoms with Crippen molar-refractivity contribution in [2.75, 3.05) is 6.61 Å². The number of ether oxygens (including phenoxy) is 1. The highest BCUT2D eigenvalue weighted by molar-refractivity contribution is 5.02. The lowest BCUT2D eigenvalue weighted by Gasteiger charge is -2.37. The van der Waals surface area contributed by atoms with Crippen LogP contribution in [0.5, 0.6) is 0 Å². The second-order valence-corrected chi connectivity index (χ2v) is 9.28. The molecule has 0 saturated heterocycles. The molecule has 0 heterocycles. The van der Waals surface area contributed by atoms with Crippen LogP contribution < -0.4 is 0 Å². The van der Waals surface area contributed by atoms with E-state index in [9.17, 15) is 5.26 Å². The quantitative estimate of drug-likeness (QED) is 0.359. The minimum Gasteiger partial charge on any atom is -0.377 e. The molecule has 2 heteroatoms. The van der Waals surface area contributed by atoms with E-state index in [-0.39, 0.29) is 5.41 Å². The van der Waals surface area contributed by atoms with Crippen LogP contribution in [0.15, 0.2) is 0 Å². The van der Waals surface area contributed by atoms with Gasteiger partial charge in [0.1, 0.15) is 0 Å². The summed E-state index contributed by atoms with van der Waals surface area (Å²) in [6, 6.07) is 2.67. The van der Waals surface area contributed by atoms with Crippen molar-refractivity contribution in [1.29, 1.82) is 5.26 Å². The highest BCUT2D eigenvalue weighted by Gasteiger charge is 2.36. The highest BCUT2D eigenvalue weighted by atomic mass is 16.5. The average molecular weight is 362 g/mol. The Bertz CT molecular complexity index is 397. The Morgan fingerprint density at radius 2 is 1.46 bits per heavy atom. The molecule has 0 aromatic rings. The minimum absolute atomic E-state index is 0.182. The van der Waals surface area contributed by atoms with Crippen molar-refractivity contribution in [3.63, 3.8) is 0 Å². The summed E-state index contributed by atoms with van der Waals surface area (Å²) in [4.78, 5) is 0. The van der Waals surface area contributed by atoms with Crippen LogP contribution in [-0.4, -0.2) is 12.7 Å². The van der Waals surface area contributed by atoms with Gasteiger partial charge >= 0.3 is 0 Å². The molecule has 2 rings (SSSR count). The Hall–Kier alpha value is -0.550. The normalized spacial score (nSPS) is 32.3. The van der Waals surface area contributed by atoms with E-state index in [1.54, 1.807) is 0 Å². The Kier molecular flexibility index (Phi) is 10.1. The van der Waals surface area contributed by atoms with Crippen LogP contribution in [-0.2, 0) is 4.74 Å². The van der Waals surface area contributed by atoms with Gasteiger partial charge in [-0.1, -0.05) is 65.2 Å². The van der Waals surface area contributed by atoms with Gasteiger partial charge in [-0.3, -0.25) is 0 Å². The summed E-state index contributed by atoms with van der Waals surface area (Å²) in [6.07, 6.45) is 21.1. The smallest absolute Gasteiger partial charge is 0.0807 e. The van der Waals surface area contributed by atoms with Crippen LogP contribution in [0.2, 0.25) is 0 Å². The van der Waals surface area contributed by atoms with E-state index in [2.05, 4.69) is 19.9 Å². The summed E-state index contributed by atoms with van der Waals surface area (Å²) in [5.41, 5.74) is -0.182. The van der Waals surface area contributed by atoms with Crippen molar-refractivity contribution in [2.24, 2.45) is 17.3 Å². The van der Waals surface area contributed by atoms with E-state index < -0.39 is 0 Å². The van der Waals surface area contributed by atoms with Crippen molar-refractivity contribution in [2.45, 2.75) is 123 Å². The summed E-state index contributed by atoms with van der Waals surface area (Å²) in [5, 5.41) is 9.81. The van der Waals surface area contributed by atoms with Gasteiger partial charge in [-0.25, -0.2) is 0 Å². The Balaban J connectivity index is 1.63. The first-order chi connectivity index (χ1) is 12.7. The summed E-state index contributed by atoms with van der Waals surface area (Å²) in [7, 11) is 0. The molecular weight excluding hydrogens is 318 g/mol. The summed E-state index contributed by atoms with van der Waals surface area (Å²) in [5.74, 6) is 1.79. The van der Waals surface area contributed by atoms with Gasteiger partial charge in [-0.2, -0.15) is 5.26 Å². The first-order valence-corrected chi connectivity index (χ1v) is 11.7. The molecule has 2 aliphatic rings. The number of hydrogen-bond acceptors (Lipinski definition) is 2. The Morgan fingerprint density at radius 1 is 0.808 bits per heavy atom. The lowest BCUT2D eigenvalue weighted by molar-refractivity contribution is -0.0299. The van der Waals surface area contributed by atoms with Gasteiger partial charge in [-0.15, -0.1) is 0 Å². The van der Waals surface area contributed by atoms with Crippen LogP contribution in [0.4, 0.5) is 0 Å². The minimum atomic E-state index is -0.182. The number of rotatable bonds is 11. The Labute approximate surface area is 163 Å². The number of nitrogens with zero attached hydrogens (tertiary/aromatic N) is 1. The first kappa shape index (κ1) is 21.7. The van der Waals surface area contributed by atoms with Crippen molar-refractivity contribution in [3.8, 4) is 6.07 Å². The fraction of sp³-hybridized carbons (Fsp3) is 0.958. The zero-order chi connectivity index (χ0) is 18.7. The third kappa shape index (κ3) is 7.22. The molecule has 0 aromatic carbocycles. The van der Waals surface area contributed by atoms with Gasteiger partial charge < -0.3 is 4.74 Å². The second-order valence-electron chi connectivity index (χ2n) is 9.28. The molecule has 0 N–H and O–H groups in total. The monoisotopic (exact) mass is 361 g/mol. The van der Waals surface area contributed by atoms with E-state index in [0.29, 0.717) is 12.7 Å². The van der Waals surface area contributed by atoms with Crippen molar-refractivity contribution >= 4 is 0 Å². The molecule has 0 aromatic heterocycles. The van der Waals surface area contributed by atoms with E-state index in [4.69, 9.17) is 4.74 Å². The van der Waals surface area contributed by atoms with Crippen molar-refractivity contribution in [1.82, 2.24) is 0 Å². The van der Waals surface area contributed by atoms with E-state index >= 15 is 0 Å². The van der Waals surface area contributed by atoms with E-state index in [0.717, 1.165) is 24.7 Å². The molecule has 0 radical (unpaired) electrons. The van der Waals surface area contributed by atoms with E-state index in [1.807, 2.05) is 0 Å². The van der Waals surface area contributed by atoms with Gasteiger partial charge in [0.2, 0.25) is 0 Å². The molecule has 2 fully saturated rings. The standard InChI is InChI=1S/C24H43NO/c1-3-5-6-7-8-10-22-15-17-24(19-25,18-16-22)20-26-23-13-11-21(9-4-2)12-14-23/h21-23H,3-18,20H2,1-2H3. The molecule has 26 heavy (non-hydrogen) atoms. The molecule has 2 nitrogen and oxygen atoms in total. The SMILES string of the molecule is CCCCCCCC1CCC(C#N)(COC2CCC(CCC)CC2)CC1. The summed E-state index contributed by atoms with van der Waals surface area (Å²) >= 11 is 0. The summed E-state index contributed by atoms with van der Waals surface area (Å²) < 4.78 is 6.28. The van der Waals surface area contributed by atoms with E-state index in [1.165, 1.54) is 89.9 Å². The van der Waals surface area contributed by atoms with Gasteiger partial charge in [0.05, 0.1) is 24.2 Å². The van der Waals surface area contributed by atoms with Gasteiger partial charge in [-0.05, 0) is 63.2 Å². The van der Waals surface area contributed by atoms with Crippen LogP contribution in [0.3, 0.4) is 0 Å². The van der Waals surface area contributed by atoms with Crippen molar-refractivity contribution < 1.29 is 4.74 Å². The molecule has 0 atom stereocenters. The average Bonchev–Trinajstić information content (AvgIpc) is 2.69. The van der Waals surface area contributed by atoms with Gasteiger partial charge in [0.25, 0.3) is 0 Å². The predicted molar refractivity (Wildman–Crippen MR) is 110 cm³/mol. The maximum atomic E-state index is 9.81. The maximum Gasteiger partial charge on any atom is 0.0807 e.